The van der Waals surface area contributed by atoms with Crippen molar-refractivity contribution >= 4 is 22.3 Å². The average molecular weight is 296 g/mol. The molecule has 0 spiro atoms. The minimum atomic E-state index is 0.681. The second-order valence-electron chi connectivity index (χ2n) is 4.63. The van der Waals surface area contributed by atoms with E-state index in [0.717, 1.165) is 33.9 Å². The highest BCUT2D eigenvalue weighted by Crippen LogP contribution is 2.35. The molecule has 0 saturated heterocycles. The number of fused-ring (bicyclic) bond motifs is 1. The highest BCUT2D eigenvalue weighted by molar-refractivity contribution is 7.13. The summed E-state index contributed by atoms with van der Waals surface area (Å²) in [6.45, 7) is 2.13. The van der Waals surface area contributed by atoms with Gasteiger partial charge in [-0.2, -0.15) is 5.10 Å². The molecule has 1 aromatic carbocycles. The van der Waals surface area contributed by atoms with Crippen molar-refractivity contribution < 1.29 is 4.42 Å². The van der Waals surface area contributed by atoms with Gasteiger partial charge < -0.3 is 4.42 Å². The smallest absolute Gasteiger partial charge is 0.184 e. The van der Waals surface area contributed by atoms with Crippen molar-refractivity contribution in [1.29, 1.82) is 0 Å². The SMILES string of the molecule is CCc1c(-c2csc(-c3ncn[nH]3)n2)oc2ccccc12. The highest BCUT2D eigenvalue weighted by Gasteiger charge is 2.17. The lowest BCUT2D eigenvalue weighted by Crippen LogP contribution is -1.84. The van der Waals surface area contributed by atoms with Crippen LogP contribution in [0.25, 0.3) is 33.3 Å². The number of para-hydroxylation sites is 1. The van der Waals surface area contributed by atoms with Crippen LogP contribution in [0.3, 0.4) is 0 Å². The maximum atomic E-state index is 6.00. The van der Waals surface area contributed by atoms with Gasteiger partial charge >= 0.3 is 0 Å². The van der Waals surface area contributed by atoms with Crippen LogP contribution in [-0.4, -0.2) is 20.2 Å². The van der Waals surface area contributed by atoms with Gasteiger partial charge in [0.2, 0.25) is 0 Å². The molecule has 4 rings (SSSR count). The number of hydrogen-bond acceptors (Lipinski definition) is 5. The predicted molar refractivity (Wildman–Crippen MR) is 82.1 cm³/mol. The zero-order valence-corrected chi connectivity index (χ0v) is 12.1. The maximum Gasteiger partial charge on any atom is 0.184 e. The number of benzene rings is 1. The Morgan fingerprint density at radius 1 is 1.29 bits per heavy atom. The molecule has 0 aliphatic rings. The van der Waals surface area contributed by atoms with Gasteiger partial charge in [-0.25, -0.2) is 9.97 Å². The summed E-state index contributed by atoms with van der Waals surface area (Å²) in [5, 5.41) is 10.6. The first-order chi connectivity index (χ1) is 10.4. The third-order valence-electron chi connectivity index (χ3n) is 3.41. The molecule has 4 aromatic rings. The van der Waals surface area contributed by atoms with Crippen LogP contribution < -0.4 is 0 Å². The number of nitrogens with one attached hydrogen (secondary N) is 1. The van der Waals surface area contributed by atoms with Gasteiger partial charge in [-0.15, -0.1) is 11.3 Å². The summed E-state index contributed by atoms with van der Waals surface area (Å²) in [6, 6.07) is 8.09. The lowest BCUT2D eigenvalue weighted by molar-refractivity contribution is 0.625. The summed E-state index contributed by atoms with van der Waals surface area (Å²) in [6.07, 6.45) is 2.39. The number of aryl methyl sites for hydroxylation is 1. The lowest BCUT2D eigenvalue weighted by atomic mass is 10.1. The normalized spacial score (nSPS) is 11.3. The molecule has 3 aromatic heterocycles. The second kappa shape index (κ2) is 4.82. The number of thiazole rings is 1. The summed E-state index contributed by atoms with van der Waals surface area (Å²) < 4.78 is 6.00. The number of aromatic nitrogens is 4. The van der Waals surface area contributed by atoms with Crippen LogP contribution in [0.15, 0.2) is 40.4 Å². The molecule has 6 heteroatoms. The van der Waals surface area contributed by atoms with E-state index in [1.165, 1.54) is 23.2 Å². The monoisotopic (exact) mass is 296 g/mol. The molecule has 0 amide bonds. The third-order valence-corrected chi connectivity index (χ3v) is 4.26. The number of hydrogen-bond donors (Lipinski definition) is 1. The summed E-state index contributed by atoms with van der Waals surface area (Å²) in [4.78, 5) is 8.75. The molecular weight excluding hydrogens is 284 g/mol. The first kappa shape index (κ1) is 12.3. The second-order valence-corrected chi connectivity index (χ2v) is 5.49. The summed E-state index contributed by atoms with van der Waals surface area (Å²) in [7, 11) is 0. The van der Waals surface area contributed by atoms with Crippen LogP contribution in [0.2, 0.25) is 0 Å². The first-order valence-electron chi connectivity index (χ1n) is 6.69. The molecule has 1 N–H and O–H groups in total. The van der Waals surface area contributed by atoms with E-state index in [1.807, 2.05) is 23.6 Å². The van der Waals surface area contributed by atoms with E-state index in [2.05, 4.69) is 33.2 Å². The van der Waals surface area contributed by atoms with Crippen LogP contribution in [0.4, 0.5) is 0 Å². The fraction of sp³-hybridized carbons (Fsp3) is 0.133. The Labute approximate surface area is 124 Å². The highest BCUT2D eigenvalue weighted by atomic mass is 32.1. The van der Waals surface area contributed by atoms with Gasteiger partial charge in [0.25, 0.3) is 0 Å². The summed E-state index contributed by atoms with van der Waals surface area (Å²) in [5.41, 5.74) is 2.94. The molecule has 104 valence electrons. The molecule has 3 heterocycles. The quantitative estimate of drug-likeness (QED) is 0.622. The fourth-order valence-corrected chi connectivity index (χ4v) is 3.20. The Morgan fingerprint density at radius 2 is 2.19 bits per heavy atom. The van der Waals surface area contributed by atoms with Gasteiger partial charge in [0, 0.05) is 16.3 Å². The molecule has 5 nitrogen and oxygen atoms in total. The molecule has 0 fully saturated rings. The molecule has 0 atom stereocenters. The molecule has 0 radical (unpaired) electrons. The van der Waals surface area contributed by atoms with E-state index < -0.39 is 0 Å². The van der Waals surface area contributed by atoms with E-state index in [1.54, 1.807) is 0 Å². The number of aromatic amines is 1. The predicted octanol–water partition coefficient (Wildman–Crippen LogP) is 3.90. The maximum absolute atomic E-state index is 6.00. The fourth-order valence-electron chi connectivity index (χ4n) is 2.45. The van der Waals surface area contributed by atoms with Gasteiger partial charge in [-0.1, -0.05) is 25.1 Å². The Bertz CT molecular complexity index is 892. The van der Waals surface area contributed by atoms with Gasteiger partial charge in [-0.3, -0.25) is 5.10 Å². The minimum Gasteiger partial charge on any atom is -0.454 e. The van der Waals surface area contributed by atoms with Crippen molar-refractivity contribution in [2.45, 2.75) is 13.3 Å². The van der Waals surface area contributed by atoms with E-state index >= 15 is 0 Å². The summed E-state index contributed by atoms with van der Waals surface area (Å²) >= 11 is 1.53. The molecule has 21 heavy (non-hydrogen) atoms. The zero-order chi connectivity index (χ0) is 14.2. The Balaban J connectivity index is 1.87. The van der Waals surface area contributed by atoms with Crippen molar-refractivity contribution in [3.05, 3.63) is 41.5 Å². The molecule has 0 unspecified atom stereocenters. The van der Waals surface area contributed by atoms with E-state index in [-0.39, 0.29) is 0 Å². The number of nitrogens with zero attached hydrogens (tertiary/aromatic N) is 3. The van der Waals surface area contributed by atoms with Crippen molar-refractivity contribution in [2.24, 2.45) is 0 Å². The number of H-pyrrole nitrogens is 1. The van der Waals surface area contributed by atoms with Crippen LogP contribution >= 0.6 is 11.3 Å². The Kier molecular flexibility index (Phi) is 2.82. The van der Waals surface area contributed by atoms with Gasteiger partial charge in [0.05, 0.1) is 0 Å². The van der Waals surface area contributed by atoms with Crippen molar-refractivity contribution in [2.75, 3.05) is 0 Å². The topological polar surface area (TPSA) is 67.6 Å². The van der Waals surface area contributed by atoms with E-state index in [0.29, 0.717) is 5.82 Å². The third kappa shape index (κ3) is 1.95. The molecule has 0 aliphatic carbocycles. The van der Waals surface area contributed by atoms with Crippen molar-refractivity contribution in [3.8, 4) is 22.3 Å². The van der Waals surface area contributed by atoms with E-state index in [4.69, 9.17) is 4.42 Å². The van der Waals surface area contributed by atoms with Crippen LogP contribution in [0.5, 0.6) is 0 Å². The van der Waals surface area contributed by atoms with Crippen LogP contribution in [0.1, 0.15) is 12.5 Å². The molecular formula is C15H12N4OS. The number of rotatable bonds is 3. The van der Waals surface area contributed by atoms with Crippen molar-refractivity contribution in [1.82, 2.24) is 20.2 Å². The minimum absolute atomic E-state index is 0.681. The largest absolute Gasteiger partial charge is 0.454 e. The van der Waals surface area contributed by atoms with Crippen LogP contribution in [0, 0.1) is 0 Å². The summed E-state index contributed by atoms with van der Waals surface area (Å²) in [5.74, 6) is 1.53. The van der Waals surface area contributed by atoms with E-state index in [9.17, 15) is 0 Å². The standard InChI is InChI=1S/C15H12N4OS/c1-2-9-10-5-3-4-6-12(10)20-13(9)11-7-21-15(18-11)14-16-8-17-19-14/h3-8H,2H2,1H3,(H,16,17,19). The van der Waals surface area contributed by atoms with Crippen LogP contribution in [-0.2, 0) is 6.42 Å². The van der Waals surface area contributed by atoms with Gasteiger partial charge in [0.1, 0.15) is 17.6 Å². The molecule has 0 bridgehead atoms. The Hall–Kier alpha value is -2.47. The molecule has 0 saturated carbocycles. The molecule has 0 aliphatic heterocycles. The lowest BCUT2D eigenvalue weighted by Gasteiger charge is -1.95. The zero-order valence-electron chi connectivity index (χ0n) is 11.3. The average Bonchev–Trinajstić information content (AvgIpc) is 3.24. The first-order valence-corrected chi connectivity index (χ1v) is 7.57. The van der Waals surface area contributed by atoms with Crippen molar-refractivity contribution in [3.63, 3.8) is 0 Å². The Morgan fingerprint density at radius 3 is 3.00 bits per heavy atom. The number of furan rings is 1. The van der Waals surface area contributed by atoms with Gasteiger partial charge in [0.15, 0.2) is 16.6 Å². The van der Waals surface area contributed by atoms with Gasteiger partial charge in [-0.05, 0) is 12.5 Å².